The molecule has 0 saturated carbocycles. The Labute approximate surface area is 89.5 Å². The van der Waals surface area contributed by atoms with Gasteiger partial charge < -0.3 is 0 Å². The van der Waals surface area contributed by atoms with Gasteiger partial charge in [-0.1, -0.05) is 22.9 Å². The van der Waals surface area contributed by atoms with E-state index in [1.807, 2.05) is 6.92 Å². The summed E-state index contributed by atoms with van der Waals surface area (Å²) in [5, 5.41) is 0.475. The van der Waals surface area contributed by atoms with Crippen LogP contribution in [-0.4, -0.2) is 25.0 Å². The first-order valence-electron chi connectivity index (χ1n) is 4.51. The van der Waals surface area contributed by atoms with Gasteiger partial charge in [0.05, 0.1) is 5.25 Å². The first kappa shape index (κ1) is 13.4. The highest BCUT2D eigenvalue weighted by Crippen LogP contribution is 2.05. The molecule has 1 unspecified atom stereocenters. The van der Waals surface area contributed by atoms with Gasteiger partial charge in [-0.25, -0.2) is 13.1 Å². The molecule has 0 fully saturated rings. The highest BCUT2D eigenvalue weighted by atomic mass is 79.9. The molecular weight excluding hydrogens is 254 g/mol. The van der Waals surface area contributed by atoms with E-state index < -0.39 is 10.0 Å². The number of halogens is 1. The average molecular weight is 272 g/mol. The maximum Gasteiger partial charge on any atom is 0.214 e. The predicted octanol–water partition coefficient (Wildman–Crippen LogP) is 1.88. The minimum Gasteiger partial charge on any atom is -0.212 e. The minimum atomic E-state index is -3.10. The Morgan fingerprint density at radius 1 is 1.38 bits per heavy atom. The predicted molar refractivity (Wildman–Crippen MR) is 59.7 cm³/mol. The fourth-order valence-electron chi connectivity index (χ4n) is 0.846. The summed E-state index contributed by atoms with van der Waals surface area (Å²) in [5.41, 5.74) is 0. The molecule has 5 heteroatoms. The van der Waals surface area contributed by atoms with Crippen LogP contribution < -0.4 is 4.72 Å². The Balaban J connectivity index is 4.23. The first-order valence-corrected chi connectivity index (χ1v) is 7.18. The molecule has 0 bridgehead atoms. The summed E-state index contributed by atoms with van der Waals surface area (Å²) in [5.74, 6) is 0. The molecule has 80 valence electrons. The summed E-state index contributed by atoms with van der Waals surface area (Å²) in [6.07, 6.45) is 1.67. The van der Waals surface area contributed by atoms with Crippen molar-refractivity contribution in [2.45, 2.75) is 44.9 Å². The van der Waals surface area contributed by atoms with E-state index in [4.69, 9.17) is 0 Å². The van der Waals surface area contributed by atoms with Crippen molar-refractivity contribution in [3.05, 3.63) is 0 Å². The third-order valence-electron chi connectivity index (χ3n) is 1.90. The maximum atomic E-state index is 11.4. The van der Waals surface area contributed by atoms with E-state index in [1.54, 1.807) is 13.8 Å². The monoisotopic (exact) mass is 271 g/mol. The Kier molecular flexibility index (Phi) is 6.16. The maximum absolute atomic E-state index is 11.4. The van der Waals surface area contributed by atoms with E-state index in [0.29, 0.717) is 0 Å². The van der Waals surface area contributed by atoms with Crippen LogP contribution in [0.25, 0.3) is 0 Å². The van der Waals surface area contributed by atoms with Crippen molar-refractivity contribution < 1.29 is 8.42 Å². The molecule has 1 atom stereocenters. The Morgan fingerprint density at radius 2 is 1.92 bits per heavy atom. The molecule has 13 heavy (non-hydrogen) atoms. The molecule has 0 rings (SSSR count). The summed E-state index contributed by atoms with van der Waals surface area (Å²) in [6, 6.07) is 0.0618. The van der Waals surface area contributed by atoms with Crippen LogP contribution in [-0.2, 0) is 10.0 Å². The lowest BCUT2D eigenvalue weighted by atomic mass is 10.2. The molecule has 0 amide bonds. The smallest absolute Gasteiger partial charge is 0.212 e. The molecule has 0 aromatic carbocycles. The van der Waals surface area contributed by atoms with Gasteiger partial charge in [-0.2, -0.15) is 0 Å². The van der Waals surface area contributed by atoms with Gasteiger partial charge >= 0.3 is 0 Å². The zero-order valence-corrected chi connectivity index (χ0v) is 10.8. The van der Waals surface area contributed by atoms with E-state index in [9.17, 15) is 8.42 Å². The number of nitrogens with one attached hydrogen (secondary N) is 1. The average Bonchev–Trinajstić information content (AvgIpc) is 2.03. The van der Waals surface area contributed by atoms with Gasteiger partial charge in [0.1, 0.15) is 0 Å². The van der Waals surface area contributed by atoms with E-state index in [1.165, 1.54) is 0 Å². The van der Waals surface area contributed by atoms with E-state index in [2.05, 4.69) is 20.7 Å². The molecule has 0 aliphatic rings. The van der Waals surface area contributed by atoms with Crippen LogP contribution in [0.1, 0.15) is 33.6 Å². The second-order valence-corrected chi connectivity index (χ2v) is 6.36. The number of rotatable bonds is 6. The van der Waals surface area contributed by atoms with Crippen molar-refractivity contribution >= 4 is 26.0 Å². The molecule has 0 aromatic heterocycles. The van der Waals surface area contributed by atoms with Crippen LogP contribution in [0.4, 0.5) is 0 Å². The van der Waals surface area contributed by atoms with Crippen molar-refractivity contribution in [1.82, 2.24) is 4.72 Å². The normalized spacial score (nSPS) is 14.8. The molecule has 0 aliphatic heterocycles. The summed E-state index contributed by atoms with van der Waals surface area (Å²) in [4.78, 5) is 0. The van der Waals surface area contributed by atoms with Gasteiger partial charge in [-0.15, -0.1) is 0 Å². The zero-order chi connectivity index (χ0) is 10.5. The van der Waals surface area contributed by atoms with Crippen molar-refractivity contribution in [2.24, 2.45) is 0 Å². The van der Waals surface area contributed by atoms with Gasteiger partial charge in [-0.05, 0) is 26.7 Å². The van der Waals surface area contributed by atoms with Crippen LogP contribution in [0.5, 0.6) is 0 Å². The Hall–Kier alpha value is 0.390. The van der Waals surface area contributed by atoms with Crippen molar-refractivity contribution in [3.63, 3.8) is 0 Å². The molecule has 0 aliphatic carbocycles. The summed E-state index contributed by atoms with van der Waals surface area (Å²) >= 11 is 3.30. The summed E-state index contributed by atoms with van der Waals surface area (Å²) in [6.45, 7) is 5.35. The third kappa shape index (κ3) is 4.98. The van der Waals surface area contributed by atoms with Gasteiger partial charge in [0.2, 0.25) is 10.0 Å². The number of sulfonamides is 1. The first-order chi connectivity index (χ1) is 5.94. The summed E-state index contributed by atoms with van der Waals surface area (Å²) < 4.78 is 25.6. The molecule has 3 nitrogen and oxygen atoms in total. The lowest BCUT2D eigenvalue weighted by Crippen LogP contribution is -2.38. The van der Waals surface area contributed by atoms with Gasteiger partial charge in [-0.3, -0.25) is 0 Å². The molecule has 0 aromatic rings. The highest BCUT2D eigenvalue weighted by Gasteiger charge is 2.19. The zero-order valence-electron chi connectivity index (χ0n) is 8.38. The number of hydrogen-bond acceptors (Lipinski definition) is 2. The fourth-order valence-corrected chi connectivity index (χ4v) is 2.42. The second-order valence-electron chi connectivity index (χ2n) is 3.29. The lowest BCUT2D eigenvalue weighted by molar-refractivity contribution is 0.526. The second kappa shape index (κ2) is 5.98. The Bertz CT molecular complexity index is 226. The topological polar surface area (TPSA) is 46.2 Å². The van der Waals surface area contributed by atoms with E-state index in [-0.39, 0.29) is 11.3 Å². The van der Waals surface area contributed by atoms with Gasteiger partial charge in [0.25, 0.3) is 0 Å². The summed E-state index contributed by atoms with van der Waals surface area (Å²) in [7, 11) is -3.10. The van der Waals surface area contributed by atoms with Crippen LogP contribution in [0.3, 0.4) is 0 Å². The van der Waals surface area contributed by atoms with E-state index in [0.717, 1.165) is 18.2 Å². The molecule has 0 saturated heterocycles. The largest absolute Gasteiger partial charge is 0.214 e. The molecular formula is C8H18BrNO2S. The van der Waals surface area contributed by atoms with Crippen molar-refractivity contribution in [3.8, 4) is 0 Å². The standard InChI is InChI=1S/C8H18BrNO2S/c1-4-8(5-6-9)10-13(11,12)7(2)3/h7-8,10H,4-6H2,1-3H3. The highest BCUT2D eigenvalue weighted by molar-refractivity contribution is 9.09. The van der Waals surface area contributed by atoms with Crippen LogP contribution in [0.2, 0.25) is 0 Å². The quantitative estimate of drug-likeness (QED) is 0.750. The third-order valence-corrected chi connectivity index (χ3v) is 4.26. The number of alkyl halides is 1. The minimum absolute atomic E-state index is 0.0618. The molecule has 0 radical (unpaired) electrons. The lowest BCUT2D eigenvalue weighted by Gasteiger charge is -2.17. The van der Waals surface area contributed by atoms with Gasteiger partial charge in [0.15, 0.2) is 0 Å². The van der Waals surface area contributed by atoms with Gasteiger partial charge in [0, 0.05) is 11.4 Å². The molecule has 0 spiro atoms. The van der Waals surface area contributed by atoms with Crippen LogP contribution in [0.15, 0.2) is 0 Å². The SMILES string of the molecule is CCC(CCBr)NS(=O)(=O)C(C)C. The van der Waals surface area contributed by atoms with E-state index >= 15 is 0 Å². The fraction of sp³-hybridized carbons (Fsp3) is 1.00. The van der Waals surface area contributed by atoms with Crippen molar-refractivity contribution in [1.29, 1.82) is 0 Å². The Morgan fingerprint density at radius 3 is 2.23 bits per heavy atom. The van der Waals surface area contributed by atoms with Crippen molar-refractivity contribution in [2.75, 3.05) is 5.33 Å². The van der Waals surface area contributed by atoms with Crippen LogP contribution in [0, 0.1) is 0 Å². The molecule has 0 heterocycles. The van der Waals surface area contributed by atoms with Crippen LogP contribution >= 0.6 is 15.9 Å². The molecule has 1 N–H and O–H groups in total. The number of hydrogen-bond donors (Lipinski definition) is 1.